The van der Waals surface area contributed by atoms with E-state index in [0.29, 0.717) is 12.0 Å². The molecule has 3 heteroatoms. The normalized spacial score (nSPS) is 47.7. The Kier molecular flexibility index (Phi) is 3.00. The van der Waals surface area contributed by atoms with Crippen LogP contribution < -0.4 is 5.73 Å². The molecule has 3 nitrogen and oxygen atoms in total. The number of piperidine rings is 1. The van der Waals surface area contributed by atoms with Crippen LogP contribution in [0.5, 0.6) is 0 Å². The minimum absolute atomic E-state index is 0.0365. The molecule has 0 amide bonds. The van der Waals surface area contributed by atoms with E-state index in [1.54, 1.807) is 0 Å². The highest BCUT2D eigenvalue weighted by molar-refractivity contribution is 5.21. The molecule has 3 aliphatic rings. The lowest BCUT2D eigenvalue weighted by molar-refractivity contribution is -0.164. The maximum absolute atomic E-state index is 6.82. The number of hydrogen-bond acceptors (Lipinski definition) is 3. The smallest absolute Gasteiger partial charge is 0.0691 e. The van der Waals surface area contributed by atoms with Gasteiger partial charge in [-0.2, -0.15) is 0 Å². The lowest BCUT2D eigenvalue weighted by Gasteiger charge is -2.63. The van der Waals surface area contributed by atoms with Gasteiger partial charge in [-0.25, -0.2) is 0 Å². The minimum atomic E-state index is -0.0365. The highest BCUT2D eigenvalue weighted by atomic mass is 16.5. The Morgan fingerprint density at radius 2 is 2.11 bits per heavy atom. The minimum Gasteiger partial charge on any atom is -0.377 e. The summed E-state index contributed by atoms with van der Waals surface area (Å²) >= 11 is 0. The molecule has 2 saturated heterocycles. The van der Waals surface area contributed by atoms with E-state index < -0.39 is 0 Å². The first-order valence-corrected chi connectivity index (χ1v) is 7.58. The van der Waals surface area contributed by atoms with Crippen LogP contribution >= 0.6 is 0 Å². The molecule has 1 saturated carbocycles. The van der Waals surface area contributed by atoms with Gasteiger partial charge in [-0.05, 0) is 31.7 Å². The fourth-order valence-corrected chi connectivity index (χ4v) is 4.60. The van der Waals surface area contributed by atoms with Gasteiger partial charge in [0.25, 0.3) is 0 Å². The van der Waals surface area contributed by atoms with E-state index in [0.717, 1.165) is 25.5 Å². The predicted octanol–water partition coefficient (Wildman–Crippen LogP) is 1.86. The van der Waals surface area contributed by atoms with Gasteiger partial charge in [-0.3, -0.25) is 0 Å². The summed E-state index contributed by atoms with van der Waals surface area (Å²) in [6, 6.07) is 0. The number of hydrogen-bond donors (Lipinski definition) is 1. The molecule has 3 rings (SSSR count). The average molecular weight is 252 g/mol. The molecule has 2 N–H and O–H groups in total. The van der Waals surface area contributed by atoms with Crippen LogP contribution in [0.1, 0.15) is 40.0 Å². The summed E-state index contributed by atoms with van der Waals surface area (Å²) < 4.78 is 5.87. The van der Waals surface area contributed by atoms with Gasteiger partial charge in [0.2, 0.25) is 0 Å². The average Bonchev–Trinajstić information content (AvgIpc) is 2.76. The number of ether oxygens (including phenoxy) is 1. The van der Waals surface area contributed by atoms with Gasteiger partial charge in [0.15, 0.2) is 0 Å². The number of nitrogens with zero attached hydrogens (tertiary/aromatic N) is 1. The van der Waals surface area contributed by atoms with Crippen LogP contribution in [0.2, 0.25) is 0 Å². The van der Waals surface area contributed by atoms with Crippen molar-refractivity contribution in [1.82, 2.24) is 4.90 Å². The molecule has 0 spiro atoms. The van der Waals surface area contributed by atoms with Crippen molar-refractivity contribution in [3.05, 3.63) is 0 Å². The summed E-state index contributed by atoms with van der Waals surface area (Å²) in [6.07, 6.45) is 4.29. The molecule has 1 aliphatic carbocycles. The molecule has 0 aromatic rings. The standard InChI is InChI=1S/C15H28N2O/c1-11-5-4-7-17(9-11)10-15(16)12-6-8-18-13(12)14(15,2)3/h11-13H,4-10,16H2,1-3H3. The molecule has 2 aliphatic heterocycles. The third-order valence-electron chi connectivity index (χ3n) is 5.89. The molecule has 104 valence electrons. The predicted molar refractivity (Wildman–Crippen MR) is 73.4 cm³/mol. The molecular weight excluding hydrogens is 224 g/mol. The van der Waals surface area contributed by atoms with Crippen molar-refractivity contribution in [2.45, 2.75) is 51.7 Å². The van der Waals surface area contributed by atoms with E-state index in [1.165, 1.54) is 25.9 Å². The van der Waals surface area contributed by atoms with Crippen molar-refractivity contribution >= 4 is 0 Å². The van der Waals surface area contributed by atoms with E-state index in [-0.39, 0.29) is 11.0 Å². The van der Waals surface area contributed by atoms with Gasteiger partial charge in [0.05, 0.1) is 6.10 Å². The largest absolute Gasteiger partial charge is 0.377 e. The summed E-state index contributed by atoms with van der Waals surface area (Å²) in [4.78, 5) is 2.60. The molecule has 2 heterocycles. The Bertz CT molecular complexity index is 330. The molecule has 3 fully saturated rings. The zero-order valence-corrected chi connectivity index (χ0v) is 12.1. The monoisotopic (exact) mass is 252 g/mol. The van der Waals surface area contributed by atoms with E-state index in [1.807, 2.05) is 0 Å². The van der Waals surface area contributed by atoms with Crippen molar-refractivity contribution < 1.29 is 4.74 Å². The molecule has 4 unspecified atom stereocenters. The summed E-state index contributed by atoms with van der Waals surface area (Å²) in [6.45, 7) is 11.4. The number of likely N-dealkylation sites (tertiary alicyclic amines) is 1. The number of rotatable bonds is 2. The molecular formula is C15H28N2O. The van der Waals surface area contributed by atoms with Crippen molar-refractivity contribution in [2.24, 2.45) is 23.0 Å². The van der Waals surface area contributed by atoms with Gasteiger partial charge >= 0.3 is 0 Å². The van der Waals surface area contributed by atoms with E-state index >= 15 is 0 Å². The van der Waals surface area contributed by atoms with Crippen LogP contribution in [0.3, 0.4) is 0 Å². The van der Waals surface area contributed by atoms with Gasteiger partial charge in [0.1, 0.15) is 0 Å². The fraction of sp³-hybridized carbons (Fsp3) is 1.00. The summed E-state index contributed by atoms with van der Waals surface area (Å²) in [5.74, 6) is 1.42. The first-order chi connectivity index (χ1) is 8.45. The van der Waals surface area contributed by atoms with Crippen molar-refractivity contribution in [3.63, 3.8) is 0 Å². The first-order valence-electron chi connectivity index (χ1n) is 7.58. The zero-order chi connectivity index (χ0) is 13.0. The first kappa shape index (κ1) is 12.9. The van der Waals surface area contributed by atoms with E-state index in [9.17, 15) is 0 Å². The maximum Gasteiger partial charge on any atom is 0.0691 e. The van der Waals surface area contributed by atoms with Crippen molar-refractivity contribution in [2.75, 3.05) is 26.2 Å². The van der Waals surface area contributed by atoms with Crippen LogP contribution in [0.25, 0.3) is 0 Å². The third-order valence-corrected chi connectivity index (χ3v) is 5.89. The second kappa shape index (κ2) is 4.19. The van der Waals surface area contributed by atoms with E-state index in [2.05, 4.69) is 25.7 Å². The second-order valence-electron chi connectivity index (χ2n) is 7.43. The second-order valence-corrected chi connectivity index (χ2v) is 7.43. The number of nitrogens with two attached hydrogens (primary N) is 1. The van der Waals surface area contributed by atoms with Crippen LogP contribution in [-0.4, -0.2) is 42.8 Å². The lowest BCUT2D eigenvalue weighted by Crippen LogP contribution is -2.78. The van der Waals surface area contributed by atoms with E-state index in [4.69, 9.17) is 10.5 Å². The molecule has 0 aromatic carbocycles. The Balaban J connectivity index is 1.71. The Labute approximate surface area is 111 Å². The molecule has 0 aromatic heterocycles. The van der Waals surface area contributed by atoms with Gasteiger partial charge in [-0.1, -0.05) is 20.8 Å². The molecule has 0 radical (unpaired) electrons. The van der Waals surface area contributed by atoms with Crippen LogP contribution in [0.15, 0.2) is 0 Å². The summed E-state index contributed by atoms with van der Waals surface area (Å²) in [7, 11) is 0. The highest BCUT2D eigenvalue weighted by Crippen LogP contribution is 2.58. The van der Waals surface area contributed by atoms with Crippen molar-refractivity contribution in [1.29, 1.82) is 0 Å². The topological polar surface area (TPSA) is 38.5 Å². The van der Waals surface area contributed by atoms with Crippen LogP contribution in [0, 0.1) is 17.3 Å². The zero-order valence-electron chi connectivity index (χ0n) is 12.1. The SMILES string of the molecule is CC1CCCN(CC2(N)C3CCOC3C2(C)C)C1. The maximum atomic E-state index is 6.82. The Morgan fingerprint density at radius 3 is 2.83 bits per heavy atom. The Morgan fingerprint density at radius 1 is 1.33 bits per heavy atom. The van der Waals surface area contributed by atoms with Crippen LogP contribution in [0.4, 0.5) is 0 Å². The van der Waals surface area contributed by atoms with Gasteiger partial charge in [0, 0.05) is 36.6 Å². The number of fused-ring (bicyclic) bond motifs is 1. The van der Waals surface area contributed by atoms with Gasteiger partial charge < -0.3 is 15.4 Å². The highest BCUT2D eigenvalue weighted by Gasteiger charge is 2.67. The quantitative estimate of drug-likeness (QED) is 0.815. The fourth-order valence-electron chi connectivity index (χ4n) is 4.60. The lowest BCUT2D eigenvalue weighted by atomic mass is 9.48. The molecule has 18 heavy (non-hydrogen) atoms. The molecule has 0 bridgehead atoms. The van der Waals surface area contributed by atoms with Gasteiger partial charge in [-0.15, -0.1) is 0 Å². The molecule has 4 atom stereocenters. The summed E-state index contributed by atoms with van der Waals surface area (Å²) in [5, 5.41) is 0. The third kappa shape index (κ3) is 1.67. The Hall–Kier alpha value is -0.120. The summed E-state index contributed by atoms with van der Waals surface area (Å²) in [5.41, 5.74) is 6.92. The van der Waals surface area contributed by atoms with Crippen LogP contribution in [-0.2, 0) is 4.74 Å². The van der Waals surface area contributed by atoms with Crippen molar-refractivity contribution in [3.8, 4) is 0 Å².